The quantitative estimate of drug-likeness (QED) is 0.878. The minimum Gasteiger partial charge on any atom is -0.370 e. The Morgan fingerprint density at radius 3 is 2.27 bits per heavy atom. The highest BCUT2D eigenvalue weighted by Gasteiger charge is 2.31. The Labute approximate surface area is 150 Å². The highest BCUT2D eigenvalue weighted by molar-refractivity contribution is 5.50. The Morgan fingerprint density at radius 2 is 1.65 bits per heavy atom. The Bertz CT molecular complexity index is 728. The Morgan fingerprint density at radius 1 is 1.00 bits per heavy atom. The summed E-state index contributed by atoms with van der Waals surface area (Å²) in [6, 6.07) is 3.99. The third-order valence-electron chi connectivity index (χ3n) is 4.21. The number of piperazine rings is 1. The molecule has 0 atom stereocenters. The smallest absolute Gasteiger partial charge is 0.370 e. The van der Waals surface area contributed by atoms with Gasteiger partial charge in [0, 0.05) is 45.0 Å². The van der Waals surface area contributed by atoms with Gasteiger partial charge in [0.05, 0.1) is 5.56 Å². The molecule has 6 nitrogen and oxygen atoms in total. The lowest BCUT2D eigenvalue weighted by Gasteiger charge is -2.36. The van der Waals surface area contributed by atoms with Gasteiger partial charge in [-0.2, -0.15) is 13.2 Å². The first-order valence-corrected chi connectivity index (χ1v) is 8.56. The van der Waals surface area contributed by atoms with Crippen molar-refractivity contribution in [2.24, 2.45) is 0 Å². The molecule has 2 aromatic heterocycles. The number of anilines is 3. The molecule has 3 heterocycles. The molecule has 0 aliphatic carbocycles. The number of halogens is 3. The van der Waals surface area contributed by atoms with E-state index in [0.717, 1.165) is 36.7 Å². The third kappa shape index (κ3) is 4.33. The second-order valence-corrected chi connectivity index (χ2v) is 6.06. The Balaban J connectivity index is 1.64. The van der Waals surface area contributed by atoms with E-state index in [0.29, 0.717) is 32.0 Å². The fourth-order valence-corrected chi connectivity index (χ4v) is 2.80. The largest absolute Gasteiger partial charge is 0.416 e. The normalized spacial score (nSPS) is 15.2. The minimum atomic E-state index is -4.36. The summed E-state index contributed by atoms with van der Waals surface area (Å²) in [5.74, 6) is 1.95. The molecule has 0 aromatic carbocycles. The molecule has 1 saturated heterocycles. The van der Waals surface area contributed by atoms with Crippen LogP contribution >= 0.6 is 0 Å². The summed E-state index contributed by atoms with van der Waals surface area (Å²) in [5.41, 5.74) is -0.674. The SMILES string of the molecule is CCCNc1cc(N2CCN(c3cc(C(F)(F)F)ccn3)CC2)ncn1. The van der Waals surface area contributed by atoms with Crippen molar-refractivity contribution in [1.82, 2.24) is 15.0 Å². The zero-order valence-corrected chi connectivity index (χ0v) is 14.5. The van der Waals surface area contributed by atoms with Gasteiger partial charge in [0.15, 0.2) is 0 Å². The van der Waals surface area contributed by atoms with Crippen LogP contribution in [0.2, 0.25) is 0 Å². The van der Waals surface area contributed by atoms with E-state index in [2.05, 4.69) is 32.1 Å². The maximum atomic E-state index is 12.9. The number of alkyl halides is 3. The standard InChI is InChI=1S/C17H21F3N6/c1-2-4-21-14-11-16(24-12-23-14)26-8-6-25(7-9-26)15-10-13(3-5-22-15)17(18,19)20/h3,5,10-12H,2,4,6-9H2,1H3,(H,21,23,24). The molecule has 0 saturated carbocycles. The fourth-order valence-electron chi connectivity index (χ4n) is 2.80. The van der Waals surface area contributed by atoms with E-state index in [1.165, 1.54) is 12.5 Å². The first kappa shape index (κ1) is 18.2. The lowest BCUT2D eigenvalue weighted by molar-refractivity contribution is -0.137. The van der Waals surface area contributed by atoms with Crippen molar-refractivity contribution in [3.63, 3.8) is 0 Å². The molecule has 0 spiro atoms. The van der Waals surface area contributed by atoms with Crippen molar-refractivity contribution in [3.05, 3.63) is 36.3 Å². The molecule has 1 N–H and O–H groups in total. The van der Waals surface area contributed by atoms with Gasteiger partial charge in [-0.25, -0.2) is 15.0 Å². The summed E-state index contributed by atoms with van der Waals surface area (Å²) < 4.78 is 38.6. The summed E-state index contributed by atoms with van der Waals surface area (Å²) in [7, 11) is 0. The lowest BCUT2D eigenvalue weighted by atomic mass is 10.2. The second kappa shape index (κ2) is 7.76. The van der Waals surface area contributed by atoms with Crippen molar-refractivity contribution in [2.75, 3.05) is 47.8 Å². The van der Waals surface area contributed by atoms with Gasteiger partial charge in [-0.1, -0.05) is 6.92 Å². The molecule has 9 heteroatoms. The van der Waals surface area contributed by atoms with Crippen molar-refractivity contribution in [3.8, 4) is 0 Å². The van der Waals surface area contributed by atoms with Crippen LogP contribution in [-0.4, -0.2) is 47.7 Å². The lowest BCUT2D eigenvalue weighted by Crippen LogP contribution is -2.47. The Hall–Kier alpha value is -2.58. The number of hydrogen-bond acceptors (Lipinski definition) is 6. The molecule has 140 valence electrons. The van der Waals surface area contributed by atoms with Gasteiger partial charge in [0.25, 0.3) is 0 Å². The number of hydrogen-bond donors (Lipinski definition) is 1. The van der Waals surface area contributed by atoms with Crippen LogP contribution in [0.4, 0.5) is 30.6 Å². The first-order chi connectivity index (χ1) is 12.5. The molecule has 0 bridgehead atoms. The summed E-state index contributed by atoms with van der Waals surface area (Å²) in [4.78, 5) is 16.6. The monoisotopic (exact) mass is 366 g/mol. The average molecular weight is 366 g/mol. The summed E-state index contributed by atoms with van der Waals surface area (Å²) in [6.07, 6.45) is -0.626. The summed E-state index contributed by atoms with van der Waals surface area (Å²) in [5, 5.41) is 3.22. The molecule has 1 aliphatic heterocycles. The van der Waals surface area contributed by atoms with Crippen LogP contribution in [0.1, 0.15) is 18.9 Å². The number of nitrogens with one attached hydrogen (secondary N) is 1. The fraction of sp³-hybridized carbons (Fsp3) is 0.471. The zero-order valence-electron chi connectivity index (χ0n) is 14.5. The molecular weight excluding hydrogens is 345 g/mol. The topological polar surface area (TPSA) is 57.2 Å². The maximum Gasteiger partial charge on any atom is 0.416 e. The van der Waals surface area contributed by atoms with Crippen molar-refractivity contribution >= 4 is 17.5 Å². The van der Waals surface area contributed by atoms with Crippen molar-refractivity contribution < 1.29 is 13.2 Å². The van der Waals surface area contributed by atoms with E-state index in [1.807, 2.05) is 11.0 Å². The molecule has 0 radical (unpaired) electrons. The van der Waals surface area contributed by atoms with Gasteiger partial charge in [-0.3, -0.25) is 0 Å². The average Bonchev–Trinajstić information content (AvgIpc) is 2.66. The maximum absolute atomic E-state index is 12.9. The number of nitrogens with zero attached hydrogens (tertiary/aromatic N) is 5. The highest BCUT2D eigenvalue weighted by Crippen LogP contribution is 2.31. The Kier molecular flexibility index (Phi) is 5.43. The molecule has 3 rings (SSSR count). The number of rotatable bonds is 5. The molecule has 26 heavy (non-hydrogen) atoms. The van der Waals surface area contributed by atoms with E-state index >= 15 is 0 Å². The third-order valence-corrected chi connectivity index (χ3v) is 4.21. The molecule has 1 fully saturated rings. The van der Waals surface area contributed by atoms with Gasteiger partial charge >= 0.3 is 6.18 Å². The van der Waals surface area contributed by atoms with Crippen LogP contribution in [0.3, 0.4) is 0 Å². The molecular formula is C17H21F3N6. The zero-order chi connectivity index (χ0) is 18.6. The minimum absolute atomic E-state index is 0.354. The van der Waals surface area contributed by atoms with Crippen LogP contribution < -0.4 is 15.1 Å². The summed E-state index contributed by atoms with van der Waals surface area (Å²) in [6.45, 7) is 5.39. The second-order valence-electron chi connectivity index (χ2n) is 6.06. The van der Waals surface area contributed by atoms with Crippen LogP contribution in [0, 0.1) is 0 Å². The van der Waals surface area contributed by atoms with Crippen molar-refractivity contribution in [2.45, 2.75) is 19.5 Å². The summed E-state index contributed by atoms with van der Waals surface area (Å²) >= 11 is 0. The first-order valence-electron chi connectivity index (χ1n) is 8.56. The number of aromatic nitrogens is 3. The van der Waals surface area contributed by atoms with Gasteiger partial charge in [-0.15, -0.1) is 0 Å². The van der Waals surface area contributed by atoms with Gasteiger partial charge in [-0.05, 0) is 18.6 Å². The van der Waals surface area contributed by atoms with Crippen LogP contribution in [0.25, 0.3) is 0 Å². The van der Waals surface area contributed by atoms with E-state index in [1.54, 1.807) is 0 Å². The predicted octanol–water partition coefficient (Wildman–Crippen LogP) is 3.04. The molecule has 2 aromatic rings. The predicted molar refractivity (Wildman–Crippen MR) is 94.5 cm³/mol. The highest BCUT2D eigenvalue weighted by atomic mass is 19.4. The van der Waals surface area contributed by atoms with Gasteiger partial charge in [0.1, 0.15) is 23.8 Å². The van der Waals surface area contributed by atoms with Gasteiger partial charge < -0.3 is 15.1 Å². The van der Waals surface area contributed by atoms with E-state index < -0.39 is 11.7 Å². The number of pyridine rings is 1. The molecule has 0 unspecified atom stereocenters. The van der Waals surface area contributed by atoms with Crippen LogP contribution in [0.5, 0.6) is 0 Å². The van der Waals surface area contributed by atoms with E-state index in [9.17, 15) is 13.2 Å². The molecule has 1 aliphatic rings. The van der Waals surface area contributed by atoms with Crippen LogP contribution in [-0.2, 0) is 6.18 Å². The van der Waals surface area contributed by atoms with Crippen LogP contribution in [0.15, 0.2) is 30.7 Å². The van der Waals surface area contributed by atoms with Crippen molar-refractivity contribution in [1.29, 1.82) is 0 Å². The van der Waals surface area contributed by atoms with Gasteiger partial charge in [0.2, 0.25) is 0 Å². The molecule has 0 amide bonds. The van der Waals surface area contributed by atoms with E-state index in [-0.39, 0.29) is 0 Å². The van der Waals surface area contributed by atoms with E-state index in [4.69, 9.17) is 0 Å².